The second kappa shape index (κ2) is 9.30. The second-order valence-electron chi connectivity index (χ2n) is 16.0. The molecule has 0 spiro atoms. The first-order chi connectivity index (χ1) is 18.8. The van der Waals surface area contributed by atoms with Crippen LogP contribution in [-0.2, 0) is 20.9 Å². The summed E-state index contributed by atoms with van der Waals surface area (Å²) >= 11 is 0. The number of hydrogen-bond acceptors (Lipinski definition) is 3. The number of allylic oxidation sites excluding steroid dienone is 2. The van der Waals surface area contributed by atoms with Crippen molar-refractivity contribution in [3.8, 4) is 0 Å². The monoisotopic (exact) mass is 544 g/mol. The first-order valence-electron chi connectivity index (χ1n) is 16.3. The van der Waals surface area contributed by atoms with Gasteiger partial charge in [0.15, 0.2) is 0 Å². The lowest BCUT2D eigenvalue weighted by Crippen LogP contribution is -2.65. The third-order valence-corrected chi connectivity index (χ3v) is 14.4. The molecule has 0 bridgehead atoms. The normalized spacial score (nSPS) is 45.7. The lowest BCUT2D eigenvalue weighted by atomic mass is 9.33. The van der Waals surface area contributed by atoms with E-state index in [9.17, 15) is 9.59 Å². The Bertz CT molecular complexity index is 1210. The van der Waals surface area contributed by atoms with Crippen LogP contribution >= 0.6 is 0 Å². The quantitative estimate of drug-likeness (QED) is 0.282. The van der Waals surface area contributed by atoms with Crippen molar-refractivity contribution < 1.29 is 14.3 Å². The SMILES string of the molecule is CC1CCC2(C(=O)OCc3ccccc3)CCC3(C)C(=CCC4C5(C)CCC(=O)C(C)(C)C5CCC43C)C2C1C. The van der Waals surface area contributed by atoms with E-state index in [0.29, 0.717) is 36.1 Å². The van der Waals surface area contributed by atoms with Gasteiger partial charge in [-0.25, -0.2) is 0 Å². The molecule has 4 saturated carbocycles. The zero-order chi connectivity index (χ0) is 28.7. The molecule has 9 atom stereocenters. The summed E-state index contributed by atoms with van der Waals surface area (Å²) in [7, 11) is 0. The van der Waals surface area contributed by atoms with E-state index in [1.54, 1.807) is 5.57 Å². The van der Waals surface area contributed by atoms with E-state index >= 15 is 0 Å². The summed E-state index contributed by atoms with van der Waals surface area (Å²) in [5, 5.41) is 0. The van der Waals surface area contributed by atoms with Crippen LogP contribution in [0.4, 0.5) is 0 Å². The van der Waals surface area contributed by atoms with Crippen molar-refractivity contribution in [2.45, 2.75) is 113 Å². The predicted octanol–water partition coefficient (Wildman–Crippen LogP) is 8.96. The summed E-state index contributed by atoms with van der Waals surface area (Å²) in [6, 6.07) is 10.1. The van der Waals surface area contributed by atoms with Crippen LogP contribution in [0.25, 0.3) is 0 Å². The van der Waals surface area contributed by atoms with Gasteiger partial charge in [-0.1, -0.05) is 90.4 Å². The molecule has 0 saturated heterocycles. The van der Waals surface area contributed by atoms with Crippen molar-refractivity contribution in [1.82, 2.24) is 0 Å². The summed E-state index contributed by atoms with van der Waals surface area (Å²) < 4.78 is 6.18. The molecule has 4 fully saturated rings. The average molecular weight is 545 g/mol. The molecule has 0 radical (unpaired) electrons. The number of esters is 1. The van der Waals surface area contributed by atoms with Crippen molar-refractivity contribution in [3.63, 3.8) is 0 Å². The third-order valence-electron chi connectivity index (χ3n) is 14.4. The van der Waals surface area contributed by atoms with Crippen LogP contribution < -0.4 is 0 Å². The first kappa shape index (κ1) is 28.2. The van der Waals surface area contributed by atoms with E-state index in [2.05, 4.69) is 54.5 Å². The average Bonchev–Trinajstić information content (AvgIpc) is 2.92. The molecule has 5 aliphatic rings. The van der Waals surface area contributed by atoms with E-state index < -0.39 is 5.41 Å². The number of ketones is 1. The molecule has 0 heterocycles. The Hall–Kier alpha value is -1.90. The Morgan fingerprint density at radius 2 is 1.62 bits per heavy atom. The fourth-order valence-electron chi connectivity index (χ4n) is 11.5. The van der Waals surface area contributed by atoms with Gasteiger partial charge in [0.25, 0.3) is 0 Å². The molecule has 40 heavy (non-hydrogen) atoms. The molecule has 3 nitrogen and oxygen atoms in total. The molecule has 0 amide bonds. The fraction of sp³-hybridized carbons (Fsp3) is 0.730. The van der Waals surface area contributed by atoms with Gasteiger partial charge >= 0.3 is 5.97 Å². The number of fused-ring (bicyclic) bond motifs is 7. The van der Waals surface area contributed by atoms with Crippen LogP contribution in [0.2, 0.25) is 0 Å². The van der Waals surface area contributed by atoms with E-state index in [-0.39, 0.29) is 33.5 Å². The molecule has 9 unspecified atom stereocenters. The summed E-state index contributed by atoms with van der Waals surface area (Å²) in [5.74, 6) is 2.87. The van der Waals surface area contributed by atoms with Gasteiger partial charge in [0.1, 0.15) is 12.4 Å². The Balaban J connectivity index is 1.38. The lowest BCUT2D eigenvalue weighted by molar-refractivity contribution is -0.193. The number of rotatable bonds is 3. The van der Waals surface area contributed by atoms with Crippen molar-refractivity contribution in [3.05, 3.63) is 47.5 Å². The van der Waals surface area contributed by atoms with Crippen LogP contribution in [0.1, 0.15) is 112 Å². The summed E-state index contributed by atoms with van der Waals surface area (Å²) in [5.41, 5.74) is 2.46. The smallest absolute Gasteiger partial charge is 0.313 e. The molecule has 0 N–H and O–H groups in total. The molecule has 1 aromatic carbocycles. The highest BCUT2D eigenvalue weighted by atomic mass is 16.5. The Morgan fingerprint density at radius 1 is 0.900 bits per heavy atom. The highest BCUT2D eigenvalue weighted by Crippen LogP contribution is 2.75. The molecule has 0 aliphatic heterocycles. The van der Waals surface area contributed by atoms with Gasteiger partial charge in [-0.2, -0.15) is 0 Å². The first-order valence-corrected chi connectivity index (χ1v) is 16.3. The Labute approximate surface area is 242 Å². The van der Waals surface area contributed by atoms with Crippen LogP contribution in [-0.4, -0.2) is 11.8 Å². The van der Waals surface area contributed by atoms with Gasteiger partial charge in [0.05, 0.1) is 5.41 Å². The van der Waals surface area contributed by atoms with Gasteiger partial charge in [0, 0.05) is 11.8 Å². The van der Waals surface area contributed by atoms with Gasteiger partial charge < -0.3 is 4.74 Å². The zero-order valence-electron chi connectivity index (χ0n) is 26.1. The van der Waals surface area contributed by atoms with E-state index in [4.69, 9.17) is 4.74 Å². The maximum Gasteiger partial charge on any atom is 0.313 e. The third kappa shape index (κ3) is 3.67. The summed E-state index contributed by atoms with van der Waals surface area (Å²) in [4.78, 5) is 27.2. The Kier molecular flexibility index (Phi) is 6.56. The van der Waals surface area contributed by atoms with Crippen LogP contribution in [0.15, 0.2) is 42.0 Å². The fourth-order valence-corrected chi connectivity index (χ4v) is 11.5. The summed E-state index contributed by atoms with van der Waals surface area (Å²) in [6.45, 7) is 17.4. The molecule has 6 rings (SSSR count). The van der Waals surface area contributed by atoms with Crippen LogP contribution in [0.5, 0.6) is 0 Å². The molecule has 5 aliphatic carbocycles. The highest BCUT2D eigenvalue weighted by molar-refractivity contribution is 5.85. The minimum atomic E-state index is -0.407. The van der Waals surface area contributed by atoms with Gasteiger partial charge in [-0.15, -0.1) is 0 Å². The standard InChI is InChI=1S/C37H52O3/c1-24-15-20-37(32(39)40-23-26-11-9-8-10-12-26)22-21-35(6)27(31(37)25(24)2)13-14-29-34(5)18-17-30(38)33(3,4)28(34)16-19-36(29,35)7/h8-13,24-25,28-29,31H,14-23H2,1-7H3. The Morgan fingerprint density at radius 3 is 2.35 bits per heavy atom. The minimum absolute atomic E-state index is 0.0403. The van der Waals surface area contributed by atoms with Gasteiger partial charge in [-0.3, -0.25) is 9.59 Å². The lowest BCUT2D eigenvalue weighted by Gasteiger charge is -2.70. The predicted molar refractivity (Wildman–Crippen MR) is 160 cm³/mol. The number of carbonyl (C=O) groups excluding carboxylic acids is 2. The topological polar surface area (TPSA) is 43.4 Å². The van der Waals surface area contributed by atoms with E-state index in [1.165, 1.54) is 6.42 Å². The van der Waals surface area contributed by atoms with E-state index in [0.717, 1.165) is 56.9 Å². The highest BCUT2D eigenvalue weighted by Gasteiger charge is 2.69. The van der Waals surface area contributed by atoms with Crippen molar-refractivity contribution >= 4 is 11.8 Å². The van der Waals surface area contributed by atoms with Crippen molar-refractivity contribution in [2.75, 3.05) is 0 Å². The second-order valence-corrected chi connectivity index (χ2v) is 16.0. The maximum absolute atomic E-state index is 14.2. The number of hydrogen-bond donors (Lipinski definition) is 0. The molecular formula is C37H52O3. The molecule has 218 valence electrons. The van der Waals surface area contributed by atoms with E-state index in [1.807, 2.05) is 30.3 Å². The molecule has 3 heteroatoms. The number of Topliss-reactive ketones (excluding diaryl/α,β-unsaturated/α-hetero) is 1. The molecule has 0 aromatic heterocycles. The molecular weight excluding hydrogens is 492 g/mol. The molecule has 1 aromatic rings. The largest absolute Gasteiger partial charge is 0.460 e. The van der Waals surface area contributed by atoms with Crippen LogP contribution in [0.3, 0.4) is 0 Å². The maximum atomic E-state index is 14.2. The summed E-state index contributed by atoms with van der Waals surface area (Å²) in [6.07, 6.45) is 11.9. The minimum Gasteiger partial charge on any atom is -0.460 e. The number of benzene rings is 1. The zero-order valence-corrected chi connectivity index (χ0v) is 26.1. The van der Waals surface area contributed by atoms with Crippen LogP contribution in [0, 0.1) is 56.7 Å². The van der Waals surface area contributed by atoms with Gasteiger partial charge in [0.2, 0.25) is 0 Å². The van der Waals surface area contributed by atoms with Gasteiger partial charge in [-0.05, 0) is 103 Å². The van der Waals surface area contributed by atoms with Crippen molar-refractivity contribution in [2.24, 2.45) is 56.7 Å². The van der Waals surface area contributed by atoms with Crippen molar-refractivity contribution in [1.29, 1.82) is 0 Å². The number of carbonyl (C=O) groups is 2. The number of ether oxygens (including phenoxy) is 1.